The average molecular weight is 412 g/mol. The number of ether oxygens (including phenoxy) is 1. The van der Waals surface area contributed by atoms with Crippen LogP contribution in [0.4, 0.5) is 13.2 Å². The Kier molecular flexibility index (Phi) is 6.41. The van der Waals surface area contributed by atoms with Gasteiger partial charge in [0.05, 0.1) is 12.2 Å². The number of alkyl halides is 3. The molecule has 0 spiro atoms. The molecule has 1 heterocycles. The van der Waals surface area contributed by atoms with Crippen molar-refractivity contribution >= 4 is 6.29 Å². The highest BCUT2D eigenvalue weighted by Gasteiger charge is 2.40. The summed E-state index contributed by atoms with van der Waals surface area (Å²) >= 11 is 0. The van der Waals surface area contributed by atoms with Gasteiger partial charge in [-0.15, -0.1) is 0 Å². The van der Waals surface area contributed by atoms with Crippen molar-refractivity contribution in [2.45, 2.75) is 38.8 Å². The molecule has 0 bridgehead atoms. The Balaban J connectivity index is 1.75. The van der Waals surface area contributed by atoms with Crippen LogP contribution in [0.2, 0.25) is 0 Å². The van der Waals surface area contributed by atoms with Crippen molar-refractivity contribution < 1.29 is 27.8 Å². The molecule has 1 aliphatic carbocycles. The van der Waals surface area contributed by atoms with Crippen molar-refractivity contribution in [1.29, 1.82) is 0 Å². The zero-order valence-corrected chi connectivity index (χ0v) is 16.7. The summed E-state index contributed by atoms with van der Waals surface area (Å²) in [6.07, 6.45) is 1.77. The lowest BCUT2D eigenvalue weighted by molar-refractivity contribution is -0.166. The summed E-state index contributed by atoms with van der Waals surface area (Å²) in [4.78, 5) is 11.4. The fourth-order valence-corrected chi connectivity index (χ4v) is 4.28. The molecular weight excluding hydrogens is 385 g/mol. The zero-order chi connectivity index (χ0) is 21.2. The van der Waals surface area contributed by atoms with Crippen LogP contribution in [0.5, 0.6) is 11.5 Å². The number of rotatable bonds is 6. The molecule has 5 nitrogen and oxygen atoms in total. The van der Waals surface area contributed by atoms with Crippen molar-refractivity contribution in [3.63, 3.8) is 0 Å². The fourth-order valence-electron chi connectivity index (χ4n) is 4.28. The van der Waals surface area contributed by atoms with E-state index in [1.54, 1.807) is 31.1 Å². The van der Waals surface area contributed by atoms with Crippen LogP contribution in [0.3, 0.4) is 0 Å². The molecule has 0 amide bonds. The highest BCUT2D eigenvalue weighted by atomic mass is 19.4. The number of hydrogen-bond donors (Lipinski definition) is 1. The van der Waals surface area contributed by atoms with Gasteiger partial charge < -0.3 is 14.9 Å². The van der Waals surface area contributed by atoms with E-state index in [0.29, 0.717) is 29.8 Å². The Hall–Kier alpha value is -2.22. The lowest BCUT2D eigenvalue weighted by Crippen LogP contribution is -2.44. The Bertz CT molecular complexity index is 779. The van der Waals surface area contributed by atoms with E-state index in [2.05, 4.69) is 0 Å². The van der Waals surface area contributed by atoms with E-state index >= 15 is 0 Å². The van der Waals surface area contributed by atoms with Gasteiger partial charge >= 0.3 is 6.18 Å². The van der Waals surface area contributed by atoms with Crippen LogP contribution in [-0.4, -0.2) is 54.3 Å². The molecule has 3 rings (SSSR count). The van der Waals surface area contributed by atoms with Crippen molar-refractivity contribution in [3.05, 3.63) is 35.0 Å². The van der Waals surface area contributed by atoms with E-state index in [1.165, 1.54) is 5.01 Å². The molecule has 1 N–H and O–H groups in total. The monoisotopic (exact) mass is 412 g/mol. The van der Waals surface area contributed by atoms with Crippen LogP contribution in [0.1, 0.15) is 41.6 Å². The standard InChI is InChI=1S/C21H27F3N2O3/c1-14-7-8-19(17(11-27)20(14)28)29-12-15-5-3-4-6-16(15)18-9-10-25(2)26(18)13-21(22,23)24/h7-9,11,15-16,28H,3-6,10,12-13H2,1-2H3. The zero-order valence-electron chi connectivity index (χ0n) is 16.7. The average Bonchev–Trinajstić information content (AvgIpc) is 3.01. The summed E-state index contributed by atoms with van der Waals surface area (Å²) in [6.45, 7) is 1.44. The number of carbonyl (C=O) groups excluding carboxylic acids is 1. The number of aromatic hydroxyl groups is 1. The predicted octanol–water partition coefficient (Wildman–Crippen LogP) is 4.31. The van der Waals surface area contributed by atoms with Crippen LogP contribution in [-0.2, 0) is 0 Å². The first-order valence-electron chi connectivity index (χ1n) is 9.87. The summed E-state index contributed by atoms with van der Waals surface area (Å²) in [5.41, 5.74) is 1.40. The van der Waals surface area contributed by atoms with Gasteiger partial charge in [-0.2, -0.15) is 13.2 Å². The minimum Gasteiger partial charge on any atom is -0.507 e. The van der Waals surface area contributed by atoms with Crippen molar-refractivity contribution in [2.75, 3.05) is 26.7 Å². The van der Waals surface area contributed by atoms with Crippen LogP contribution in [0, 0.1) is 18.8 Å². The Morgan fingerprint density at radius 3 is 2.69 bits per heavy atom. The molecule has 1 aromatic rings. The number of aldehydes is 1. The molecule has 8 heteroatoms. The number of likely N-dealkylation sites (N-methyl/N-ethyl adjacent to an activating group) is 1. The maximum atomic E-state index is 13.1. The van der Waals surface area contributed by atoms with Crippen LogP contribution >= 0.6 is 0 Å². The first-order valence-corrected chi connectivity index (χ1v) is 9.87. The molecule has 29 heavy (non-hydrogen) atoms. The van der Waals surface area contributed by atoms with E-state index in [0.717, 1.165) is 25.7 Å². The van der Waals surface area contributed by atoms with Gasteiger partial charge in [0.2, 0.25) is 0 Å². The van der Waals surface area contributed by atoms with Crippen LogP contribution in [0.25, 0.3) is 0 Å². The highest BCUT2D eigenvalue weighted by molar-refractivity contribution is 5.84. The largest absolute Gasteiger partial charge is 0.507 e. The fraction of sp³-hybridized carbons (Fsp3) is 0.571. The Morgan fingerprint density at radius 2 is 2.00 bits per heavy atom. The summed E-state index contributed by atoms with van der Waals surface area (Å²) in [5, 5.41) is 13.0. The van der Waals surface area contributed by atoms with Crippen molar-refractivity contribution in [2.24, 2.45) is 11.8 Å². The van der Waals surface area contributed by atoms with E-state index in [-0.39, 0.29) is 29.8 Å². The second-order valence-corrected chi connectivity index (χ2v) is 7.86. The van der Waals surface area contributed by atoms with E-state index in [9.17, 15) is 23.1 Å². The number of phenolic OH excluding ortho intramolecular Hbond substituents is 1. The molecular formula is C21H27F3N2O3. The van der Waals surface area contributed by atoms with Crippen molar-refractivity contribution in [1.82, 2.24) is 10.0 Å². The second kappa shape index (κ2) is 8.65. The molecule has 0 radical (unpaired) electrons. The van der Waals surface area contributed by atoms with Gasteiger partial charge in [-0.3, -0.25) is 4.79 Å². The number of carbonyl (C=O) groups is 1. The Morgan fingerprint density at radius 1 is 1.28 bits per heavy atom. The second-order valence-electron chi connectivity index (χ2n) is 7.86. The SMILES string of the molecule is Cc1ccc(OCC2CCCCC2C2=CCN(C)N2CC(F)(F)F)c(C=O)c1O. The molecule has 160 valence electrons. The number of nitrogens with zero attached hydrogens (tertiary/aromatic N) is 2. The molecule has 1 aromatic carbocycles. The lowest BCUT2D eigenvalue weighted by Gasteiger charge is -2.39. The summed E-state index contributed by atoms with van der Waals surface area (Å²) < 4.78 is 45.1. The van der Waals surface area contributed by atoms with Crippen molar-refractivity contribution in [3.8, 4) is 11.5 Å². The quantitative estimate of drug-likeness (QED) is 0.706. The van der Waals surface area contributed by atoms with Gasteiger partial charge in [0.1, 0.15) is 18.0 Å². The first kappa shape index (κ1) is 21.5. The topological polar surface area (TPSA) is 53.0 Å². The highest BCUT2D eigenvalue weighted by Crippen LogP contribution is 2.40. The number of hydrazine groups is 1. The van der Waals surface area contributed by atoms with Crippen LogP contribution in [0.15, 0.2) is 23.9 Å². The molecule has 2 atom stereocenters. The number of allylic oxidation sites excluding steroid dienone is 1. The minimum absolute atomic E-state index is 0.0326. The van der Waals surface area contributed by atoms with Gasteiger partial charge in [0.25, 0.3) is 0 Å². The third-order valence-corrected chi connectivity index (χ3v) is 5.84. The molecule has 0 saturated heterocycles. The van der Waals surface area contributed by atoms with E-state index in [4.69, 9.17) is 4.74 Å². The van der Waals surface area contributed by atoms with E-state index < -0.39 is 12.7 Å². The Labute approximate surface area is 168 Å². The van der Waals surface area contributed by atoms with E-state index in [1.807, 2.05) is 6.08 Å². The molecule has 2 unspecified atom stereocenters. The van der Waals surface area contributed by atoms with Gasteiger partial charge in [-0.1, -0.05) is 18.9 Å². The van der Waals surface area contributed by atoms with Gasteiger partial charge in [-0.05, 0) is 37.5 Å². The summed E-state index contributed by atoms with van der Waals surface area (Å²) in [6, 6.07) is 3.32. The number of phenols is 1. The lowest BCUT2D eigenvalue weighted by atomic mass is 9.77. The third-order valence-electron chi connectivity index (χ3n) is 5.84. The number of benzene rings is 1. The van der Waals surface area contributed by atoms with Crippen LogP contribution < -0.4 is 4.74 Å². The number of hydrogen-bond acceptors (Lipinski definition) is 5. The smallest absolute Gasteiger partial charge is 0.407 e. The summed E-state index contributed by atoms with van der Waals surface area (Å²) in [7, 11) is 1.66. The predicted molar refractivity (Wildman–Crippen MR) is 103 cm³/mol. The molecule has 1 saturated carbocycles. The minimum atomic E-state index is -4.28. The van der Waals surface area contributed by atoms with Gasteiger partial charge in [0.15, 0.2) is 6.29 Å². The third kappa shape index (κ3) is 4.86. The number of aryl methyl sites for hydroxylation is 1. The molecule has 2 aliphatic rings. The van der Waals surface area contributed by atoms with Gasteiger partial charge in [0, 0.05) is 31.1 Å². The van der Waals surface area contributed by atoms with Gasteiger partial charge in [-0.25, -0.2) is 5.01 Å². The maximum Gasteiger partial charge on any atom is 0.407 e. The first-order chi connectivity index (χ1) is 13.7. The normalized spacial score (nSPS) is 23.2. The molecule has 1 fully saturated rings. The maximum absolute atomic E-state index is 13.1. The number of halogens is 3. The molecule has 0 aromatic heterocycles. The summed E-state index contributed by atoms with van der Waals surface area (Å²) in [5.74, 6) is 0.209. The molecule has 1 aliphatic heterocycles.